The van der Waals surface area contributed by atoms with E-state index < -0.39 is 0 Å². The molecule has 0 amide bonds. The van der Waals surface area contributed by atoms with Crippen molar-refractivity contribution in [3.05, 3.63) is 0 Å². The van der Waals surface area contributed by atoms with Gasteiger partial charge in [0.2, 0.25) is 0 Å². The fourth-order valence-electron chi connectivity index (χ4n) is 1.00. The SMILES string of the molecule is BrC#CCOC1CCCCO1. The predicted molar refractivity (Wildman–Crippen MR) is 46.2 cm³/mol. The highest BCUT2D eigenvalue weighted by molar-refractivity contribution is 9.12. The van der Waals surface area contributed by atoms with Crippen LogP contribution >= 0.6 is 15.9 Å². The smallest absolute Gasteiger partial charge is 0.158 e. The largest absolute Gasteiger partial charge is 0.353 e. The van der Waals surface area contributed by atoms with E-state index in [-0.39, 0.29) is 6.29 Å². The summed E-state index contributed by atoms with van der Waals surface area (Å²) in [5.41, 5.74) is 0. The first-order chi connectivity index (χ1) is 5.43. The number of halogens is 1. The molecule has 0 aliphatic carbocycles. The molecule has 0 N–H and O–H groups in total. The van der Waals surface area contributed by atoms with Crippen molar-refractivity contribution in [3.8, 4) is 10.8 Å². The lowest BCUT2D eigenvalue weighted by atomic mass is 10.2. The van der Waals surface area contributed by atoms with Crippen LogP contribution in [0.15, 0.2) is 0 Å². The van der Waals surface area contributed by atoms with Crippen molar-refractivity contribution in [3.63, 3.8) is 0 Å². The Morgan fingerprint density at radius 1 is 1.55 bits per heavy atom. The molecule has 0 spiro atoms. The summed E-state index contributed by atoms with van der Waals surface area (Å²) in [6.07, 6.45) is 3.34. The van der Waals surface area contributed by atoms with E-state index in [9.17, 15) is 0 Å². The van der Waals surface area contributed by atoms with E-state index in [2.05, 4.69) is 26.7 Å². The van der Waals surface area contributed by atoms with Crippen LogP contribution in [0.25, 0.3) is 0 Å². The van der Waals surface area contributed by atoms with Crippen LogP contribution in [0.4, 0.5) is 0 Å². The minimum Gasteiger partial charge on any atom is -0.353 e. The zero-order valence-electron chi connectivity index (χ0n) is 6.31. The first kappa shape index (κ1) is 9.05. The summed E-state index contributed by atoms with van der Waals surface area (Å²) in [5, 5.41) is 0. The van der Waals surface area contributed by atoms with Gasteiger partial charge in [-0.25, -0.2) is 0 Å². The van der Waals surface area contributed by atoms with Gasteiger partial charge in [-0.15, -0.1) is 0 Å². The molecule has 1 unspecified atom stereocenters. The quantitative estimate of drug-likeness (QED) is 0.660. The van der Waals surface area contributed by atoms with E-state index in [0.717, 1.165) is 19.4 Å². The van der Waals surface area contributed by atoms with Gasteiger partial charge in [0.1, 0.15) is 6.61 Å². The van der Waals surface area contributed by atoms with Gasteiger partial charge >= 0.3 is 0 Å². The standard InChI is InChI=1S/C8H11BrO2/c9-5-3-7-11-8-4-1-2-6-10-8/h8H,1-2,4,6-7H2. The molecule has 1 aliphatic heterocycles. The molecular formula is C8H11BrO2. The van der Waals surface area contributed by atoms with Crippen LogP contribution in [0, 0.1) is 10.8 Å². The third-order valence-electron chi connectivity index (χ3n) is 1.55. The molecule has 2 nitrogen and oxygen atoms in total. The van der Waals surface area contributed by atoms with Gasteiger partial charge in [0.15, 0.2) is 6.29 Å². The van der Waals surface area contributed by atoms with E-state index in [4.69, 9.17) is 9.47 Å². The highest BCUT2D eigenvalue weighted by Crippen LogP contribution is 2.12. The van der Waals surface area contributed by atoms with Crippen molar-refractivity contribution in [1.29, 1.82) is 0 Å². The van der Waals surface area contributed by atoms with Crippen LogP contribution in [0.3, 0.4) is 0 Å². The van der Waals surface area contributed by atoms with E-state index in [1.165, 1.54) is 6.42 Å². The highest BCUT2D eigenvalue weighted by atomic mass is 79.9. The lowest BCUT2D eigenvalue weighted by Gasteiger charge is -2.21. The molecule has 0 radical (unpaired) electrons. The van der Waals surface area contributed by atoms with Gasteiger partial charge < -0.3 is 9.47 Å². The maximum Gasteiger partial charge on any atom is 0.158 e. The first-order valence-corrected chi connectivity index (χ1v) is 4.54. The first-order valence-electron chi connectivity index (χ1n) is 3.75. The van der Waals surface area contributed by atoms with Gasteiger partial charge in [-0.05, 0) is 24.1 Å². The van der Waals surface area contributed by atoms with Gasteiger partial charge in [0.05, 0.1) is 0 Å². The average Bonchev–Trinajstić information content (AvgIpc) is 2.07. The normalized spacial score (nSPS) is 23.9. The lowest BCUT2D eigenvalue weighted by Crippen LogP contribution is -2.22. The van der Waals surface area contributed by atoms with E-state index in [1.54, 1.807) is 0 Å². The summed E-state index contributed by atoms with van der Waals surface area (Å²) < 4.78 is 10.6. The maximum atomic E-state index is 5.32. The fraction of sp³-hybridized carbons (Fsp3) is 0.750. The molecule has 0 saturated carbocycles. The van der Waals surface area contributed by atoms with Crippen molar-refractivity contribution in [2.24, 2.45) is 0 Å². The molecule has 0 bridgehead atoms. The minimum absolute atomic E-state index is 0.0166. The molecule has 1 saturated heterocycles. The van der Waals surface area contributed by atoms with Gasteiger partial charge in [-0.3, -0.25) is 0 Å². The Hall–Kier alpha value is -0.0400. The van der Waals surface area contributed by atoms with Crippen molar-refractivity contribution < 1.29 is 9.47 Å². The molecule has 0 aromatic rings. The summed E-state index contributed by atoms with van der Waals surface area (Å²) in [6, 6.07) is 0. The molecule has 1 heterocycles. The van der Waals surface area contributed by atoms with Crippen LogP contribution in [0.1, 0.15) is 19.3 Å². The Morgan fingerprint density at radius 2 is 2.45 bits per heavy atom. The topological polar surface area (TPSA) is 18.5 Å². The second kappa shape index (κ2) is 5.59. The van der Waals surface area contributed by atoms with Crippen LogP contribution in [0.2, 0.25) is 0 Å². The number of rotatable bonds is 2. The summed E-state index contributed by atoms with van der Waals surface area (Å²) in [5.74, 6) is 2.76. The Morgan fingerprint density at radius 3 is 3.09 bits per heavy atom. The Bertz CT molecular complexity index is 153. The van der Waals surface area contributed by atoms with Crippen LogP contribution in [-0.4, -0.2) is 19.5 Å². The zero-order valence-corrected chi connectivity index (χ0v) is 7.89. The number of hydrogen-bond acceptors (Lipinski definition) is 2. The molecule has 0 aromatic heterocycles. The van der Waals surface area contributed by atoms with Gasteiger partial charge in [0.25, 0.3) is 0 Å². The number of hydrogen-bond donors (Lipinski definition) is 0. The van der Waals surface area contributed by atoms with Crippen LogP contribution < -0.4 is 0 Å². The predicted octanol–water partition coefficient (Wildman–Crippen LogP) is 1.89. The summed E-state index contributed by atoms with van der Waals surface area (Å²) >= 11 is 2.99. The van der Waals surface area contributed by atoms with Gasteiger partial charge in [-0.2, -0.15) is 0 Å². The molecule has 62 valence electrons. The Kier molecular flexibility index (Phi) is 4.60. The van der Waals surface area contributed by atoms with Crippen molar-refractivity contribution in [2.45, 2.75) is 25.6 Å². The zero-order chi connectivity index (χ0) is 7.94. The van der Waals surface area contributed by atoms with Gasteiger partial charge in [-0.1, -0.05) is 5.92 Å². The van der Waals surface area contributed by atoms with Crippen molar-refractivity contribution in [1.82, 2.24) is 0 Å². The lowest BCUT2D eigenvalue weighted by molar-refractivity contribution is -0.154. The molecule has 1 atom stereocenters. The fourth-order valence-corrected chi connectivity index (χ4v) is 1.12. The third-order valence-corrected chi connectivity index (χ3v) is 1.83. The van der Waals surface area contributed by atoms with Gasteiger partial charge in [0, 0.05) is 22.5 Å². The third kappa shape index (κ3) is 3.76. The van der Waals surface area contributed by atoms with E-state index in [0.29, 0.717) is 6.61 Å². The second-order valence-electron chi connectivity index (χ2n) is 2.38. The molecule has 0 aromatic carbocycles. The Labute approximate surface area is 75.4 Å². The van der Waals surface area contributed by atoms with Crippen molar-refractivity contribution in [2.75, 3.05) is 13.2 Å². The minimum atomic E-state index is -0.0166. The highest BCUT2D eigenvalue weighted by Gasteiger charge is 2.12. The molecule has 11 heavy (non-hydrogen) atoms. The van der Waals surface area contributed by atoms with E-state index in [1.807, 2.05) is 0 Å². The summed E-state index contributed by atoms with van der Waals surface area (Å²) in [7, 11) is 0. The summed E-state index contributed by atoms with van der Waals surface area (Å²) in [4.78, 5) is 2.59. The number of ether oxygens (including phenoxy) is 2. The van der Waals surface area contributed by atoms with Crippen molar-refractivity contribution >= 4 is 15.9 Å². The molecule has 3 heteroatoms. The second-order valence-corrected chi connectivity index (χ2v) is 2.77. The van der Waals surface area contributed by atoms with Crippen LogP contribution in [-0.2, 0) is 9.47 Å². The molecule has 1 rings (SSSR count). The summed E-state index contributed by atoms with van der Waals surface area (Å²) in [6.45, 7) is 1.28. The van der Waals surface area contributed by atoms with Crippen LogP contribution in [0.5, 0.6) is 0 Å². The maximum absolute atomic E-state index is 5.32. The molecular weight excluding hydrogens is 208 g/mol. The molecule has 1 fully saturated rings. The van der Waals surface area contributed by atoms with E-state index >= 15 is 0 Å². The Balaban J connectivity index is 2.08. The molecule has 1 aliphatic rings. The monoisotopic (exact) mass is 218 g/mol. The average molecular weight is 219 g/mol.